The number of imidazole rings is 1. The van der Waals surface area contributed by atoms with Gasteiger partial charge >= 0.3 is 0 Å². The Morgan fingerprint density at radius 2 is 1.84 bits per heavy atom. The Labute approximate surface area is 224 Å². The standard InChI is InChI=1S/C31H36N6O/c1-23-20-36(22-32-23)28-12-10-24(19-29(28)38-2)11-13-30-33-31-27(9-6-16-37(31)34-30)26-14-17-35(18-15-26)21-25-7-4-3-5-8-25/h3-5,7-8,10-13,19-20,22,26-27H,6,9,14-18,21H2,1-2H3. The van der Waals surface area contributed by atoms with Gasteiger partial charge in [-0.3, -0.25) is 4.90 Å². The van der Waals surface area contributed by atoms with E-state index in [2.05, 4.69) is 63.1 Å². The van der Waals surface area contributed by atoms with E-state index in [-0.39, 0.29) is 0 Å². The molecule has 0 amide bonds. The van der Waals surface area contributed by atoms with Crippen LogP contribution in [-0.4, -0.2) is 49.4 Å². The molecule has 0 bridgehead atoms. The molecule has 1 saturated heterocycles. The Balaban J connectivity index is 1.13. The number of rotatable bonds is 7. The minimum absolute atomic E-state index is 0.510. The van der Waals surface area contributed by atoms with Gasteiger partial charge in [-0.05, 0) is 81.0 Å². The highest BCUT2D eigenvalue weighted by atomic mass is 16.5. The Bertz CT molecular complexity index is 1400. The second kappa shape index (κ2) is 11.0. The first-order valence-corrected chi connectivity index (χ1v) is 13.7. The summed E-state index contributed by atoms with van der Waals surface area (Å²) in [6.45, 7) is 6.32. The molecule has 6 rings (SSSR count). The third-order valence-electron chi connectivity index (χ3n) is 8.00. The van der Waals surface area contributed by atoms with Crippen LogP contribution in [0.25, 0.3) is 17.8 Å². The maximum atomic E-state index is 5.67. The quantitative estimate of drug-likeness (QED) is 0.319. The average Bonchev–Trinajstić information content (AvgIpc) is 3.58. The normalized spacial score (nSPS) is 18.6. The lowest BCUT2D eigenvalue weighted by atomic mass is 9.80. The molecule has 7 nitrogen and oxygen atoms in total. The number of nitrogens with zero attached hydrogens (tertiary/aromatic N) is 6. The topological polar surface area (TPSA) is 61.0 Å². The van der Waals surface area contributed by atoms with Gasteiger partial charge in [-0.15, -0.1) is 0 Å². The van der Waals surface area contributed by atoms with Gasteiger partial charge in [-0.25, -0.2) is 14.6 Å². The Morgan fingerprint density at radius 1 is 1.00 bits per heavy atom. The molecular formula is C31H36N6O. The van der Waals surface area contributed by atoms with Crippen molar-refractivity contribution in [2.75, 3.05) is 20.2 Å². The van der Waals surface area contributed by atoms with Crippen LogP contribution < -0.4 is 4.74 Å². The van der Waals surface area contributed by atoms with Crippen molar-refractivity contribution in [2.45, 2.75) is 51.6 Å². The van der Waals surface area contributed by atoms with E-state index in [4.69, 9.17) is 14.8 Å². The number of aryl methyl sites for hydroxylation is 2. The summed E-state index contributed by atoms with van der Waals surface area (Å²) in [6.07, 6.45) is 12.8. The van der Waals surface area contributed by atoms with Gasteiger partial charge in [0.05, 0.1) is 24.8 Å². The van der Waals surface area contributed by atoms with Gasteiger partial charge in [0.25, 0.3) is 0 Å². The fourth-order valence-electron chi connectivity index (χ4n) is 6.01. The zero-order chi connectivity index (χ0) is 25.9. The number of piperidine rings is 1. The number of ether oxygens (including phenoxy) is 1. The predicted octanol–water partition coefficient (Wildman–Crippen LogP) is 5.74. The van der Waals surface area contributed by atoms with E-state index in [1.807, 2.05) is 36.2 Å². The minimum Gasteiger partial charge on any atom is -0.495 e. The first-order valence-electron chi connectivity index (χ1n) is 13.7. The van der Waals surface area contributed by atoms with E-state index in [1.165, 1.54) is 37.1 Å². The summed E-state index contributed by atoms with van der Waals surface area (Å²) in [4.78, 5) is 12.0. The van der Waals surface area contributed by atoms with Gasteiger partial charge in [0, 0.05) is 25.2 Å². The van der Waals surface area contributed by atoms with E-state index in [1.54, 1.807) is 7.11 Å². The second-order valence-electron chi connectivity index (χ2n) is 10.6. The zero-order valence-electron chi connectivity index (χ0n) is 22.3. The van der Waals surface area contributed by atoms with Crippen LogP contribution in [0, 0.1) is 12.8 Å². The van der Waals surface area contributed by atoms with Gasteiger partial charge < -0.3 is 9.30 Å². The molecule has 196 valence electrons. The number of methoxy groups -OCH3 is 1. The maximum Gasteiger partial charge on any atom is 0.174 e. The minimum atomic E-state index is 0.510. The molecule has 1 atom stereocenters. The van der Waals surface area contributed by atoms with Gasteiger partial charge in [0.15, 0.2) is 5.82 Å². The number of benzene rings is 2. The number of hydrogen-bond donors (Lipinski definition) is 0. The number of likely N-dealkylation sites (tertiary alicyclic amines) is 1. The third kappa shape index (κ3) is 5.29. The van der Waals surface area contributed by atoms with Crippen LogP contribution in [-0.2, 0) is 13.1 Å². The van der Waals surface area contributed by atoms with E-state index in [0.29, 0.717) is 11.8 Å². The maximum absolute atomic E-state index is 5.67. The van der Waals surface area contributed by atoms with Crippen molar-refractivity contribution >= 4 is 12.2 Å². The lowest BCUT2D eigenvalue weighted by molar-refractivity contribution is 0.149. The number of aromatic nitrogens is 5. The van der Waals surface area contributed by atoms with Crippen molar-refractivity contribution in [1.82, 2.24) is 29.2 Å². The predicted molar refractivity (Wildman–Crippen MR) is 150 cm³/mol. The van der Waals surface area contributed by atoms with Gasteiger partial charge in [0.1, 0.15) is 11.6 Å². The van der Waals surface area contributed by atoms with Gasteiger partial charge in [0.2, 0.25) is 0 Å². The average molecular weight is 509 g/mol. The molecule has 0 saturated carbocycles. The molecule has 2 aromatic carbocycles. The van der Waals surface area contributed by atoms with E-state index >= 15 is 0 Å². The zero-order valence-corrected chi connectivity index (χ0v) is 22.3. The molecule has 38 heavy (non-hydrogen) atoms. The first-order chi connectivity index (χ1) is 18.7. The molecule has 1 fully saturated rings. The van der Waals surface area contributed by atoms with Crippen molar-refractivity contribution < 1.29 is 4.74 Å². The summed E-state index contributed by atoms with van der Waals surface area (Å²) in [6, 6.07) is 17.0. The van der Waals surface area contributed by atoms with Gasteiger partial charge in [-0.2, -0.15) is 5.10 Å². The molecule has 4 heterocycles. The van der Waals surface area contributed by atoms with Crippen molar-refractivity contribution in [3.63, 3.8) is 0 Å². The van der Waals surface area contributed by atoms with Crippen molar-refractivity contribution in [1.29, 1.82) is 0 Å². The van der Waals surface area contributed by atoms with Crippen molar-refractivity contribution in [3.8, 4) is 11.4 Å². The molecule has 2 aliphatic rings. The summed E-state index contributed by atoms with van der Waals surface area (Å²) in [5.41, 5.74) is 4.40. The Morgan fingerprint density at radius 3 is 2.61 bits per heavy atom. The molecule has 0 spiro atoms. The molecule has 1 unspecified atom stereocenters. The molecule has 0 N–H and O–H groups in total. The summed E-state index contributed by atoms with van der Waals surface area (Å²) in [7, 11) is 1.70. The Hall–Kier alpha value is -3.71. The molecular weight excluding hydrogens is 472 g/mol. The SMILES string of the molecule is COc1cc(C=Cc2nc3n(n2)CCCC3C2CCN(Cc3ccccc3)CC2)ccc1-n1cnc(C)c1. The lowest BCUT2D eigenvalue weighted by Gasteiger charge is -2.37. The van der Waals surface area contributed by atoms with Crippen LogP contribution >= 0.6 is 0 Å². The van der Waals surface area contributed by atoms with Crippen LogP contribution in [0.4, 0.5) is 0 Å². The highest BCUT2D eigenvalue weighted by Crippen LogP contribution is 2.38. The van der Waals surface area contributed by atoms with E-state index in [0.717, 1.165) is 54.7 Å². The highest BCUT2D eigenvalue weighted by Gasteiger charge is 2.33. The monoisotopic (exact) mass is 508 g/mol. The van der Waals surface area contributed by atoms with Crippen LogP contribution in [0.15, 0.2) is 61.1 Å². The molecule has 4 aromatic rings. The highest BCUT2D eigenvalue weighted by molar-refractivity contribution is 5.69. The van der Waals surface area contributed by atoms with Crippen LogP contribution in [0.1, 0.15) is 60.1 Å². The largest absolute Gasteiger partial charge is 0.495 e. The second-order valence-corrected chi connectivity index (χ2v) is 10.6. The van der Waals surface area contributed by atoms with Crippen LogP contribution in [0.2, 0.25) is 0 Å². The molecule has 0 radical (unpaired) electrons. The summed E-state index contributed by atoms with van der Waals surface area (Å²) in [5.74, 6) is 3.98. The van der Waals surface area contributed by atoms with E-state index in [9.17, 15) is 0 Å². The van der Waals surface area contributed by atoms with Crippen LogP contribution in [0.3, 0.4) is 0 Å². The fraction of sp³-hybridized carbons (Fsp3) is 0.387. The lowest BCUT2D eigenvalue weighted by Crippen LogP contribution is -2.36. The molecule has 7 heteroatoms. The summed E-state index contributed by atoms with van der Waals surface area (Å²) < 4.78 is 9.82. The Kier molecular flexibility index (Phi) is 7.10. The van der Waals surface area contributed by atoms with Crippen molar-refractivity contribution in [3.05, 3.63) is 89.5 Å². The number of hydrogen-bond acceptors (Lipinski definition) is 5. The molecule has 2 aliphatic heterocycles. The third-order valence-corrected chi connectivity index (χ3v) is 8.00. The smallest absolute Gasteiger partial charge is 0.174 e. The van der Waals surface area contributed by atoms with Crippen LogP contribution in [0.5, 0.6) is 5.75 Å². The first kappa shape index (κ1) is 24.6. The van der Waals surface area contributed by atoms with Gasteiger partial charge in [-0.1, -0.05) is 42.5 Å². The molecule has 0 aliphatic carbocycles. The number of fused-ring (bicyclic) bond motifs is 1. The van der Waals surface area contributed by atoms with Crippen molar-refractivity contribution in [2.24, 2.45) is 5.92 Å². The fourth-order valence-corrected chi connectivity index (χ4v) is 6.01. The molecule has 2 aromatic heterocycles. The van der Waals surface area contributed by atoms with E-state index < -0.39 is 0 Å². The summed E-state index contributed by atoms with van der Waals surface area (Å²) in [5, 5.41) is 4.86. The summed E-state index contributed by atoms with van der Waals surface area (Å²) >= 11 is 0.